The first-order valence-corrected chi connectivity index (χ1v) is 9.11. The molecule has 6 nitrogen and oxygen atoms in total. The normalized spacial score (nSPS) is 21.4. The van der Waals surface area contributed by atoms with E-state index in [2.05, 4.69) is 20.5 Å². The molecule has 2 heterocycles. The number of morpholine rings is 1. The summed E-state index contributed by atoms with van der Waals surface area (Å²) < 4.78 is 10.7. The van der Waals surface area contributed by atoms with Crippen LogP contribution in [0.2, 0.25) is 0 Å². The van der Waals surface area contributed by atoms with E-state index in [0.717, 1.165) is 50.9 Å². The first-order chi connectivity index (χ1) is 11.8. The third kappa shape index (κ3) is 5.59. The summed E-state index contributed by atoms with van der Waals surface area (Å²) in [5.41, 5.74) is 1.37. The first kappa shape index (κ1) is 20.5. The van der Waals surface area contributed by atoms with Crippen LogP contribution in [-0.2, 0) is 11.3 Å². The zero-order valence-electron chi connectivity index (χ0n) is 15.1. The fourth-order valence-corrected chi connectivity index (χ4v) is 3.90. The van der Waals surface area contributed by atoms with Crippen molar-refractivity contribution in [2.24, 2.45) is 4.99 Å². The predicted octanol–water partition coefficient (Wildman–Crippen LogP) is 2.60. The molecule has 1 aliphatic heterocycles. The van der Waals surface area contributed by atoms with Gasteiger partial charge in [-0.3, -0.25) is 9.89 Å². The molecule has 3 rings (SSSR count). The number of guanidine groups is 1. The molecule has 0 bridgehead atoms. The molecule has 2 aliphatic rings. The van der Waals surface area contributed by atoms with Crippen molar-refractivity contribution in [3.8, 4) is 0 Å². The molecule has 2 fully saturated rings. The second-order valence-corrected chi connectivity index (χ2v) is 6.80. The number of nitrogens with one attached hydrogen (secondary N) is 2. The molecule has 1 aromatic rings. The van der Waals surface area contributed by atoms with Gasteiger partial charge in [0.1, 0.15) is 0 Å². The summed E-state index contributed by atoms with van der Waals surface area (Å²) in [6.07, 6.45) is 9.98. The number of hydrogen-bond donors (Lipinski definition) is 2. The van der Waals surface area contributed by atoms with Crippen LogP contribution in [0.15, 0.2) is 28.0 Å². The van der Waals surface area contributed by atoms with Gasteiger partial charge in [0.25, 0.3) is 0 Å². The van der Waals surface area contributed by atoms with Gasteiger partial charge in [-0.25, -0.2) is 0 Å². The second kappa shape index (κ2) is 10.4. The van der Waals surface area contributed by atoms with Crippen molar-refractivity contribution in [3.63, 3.8) is 0 Å². The predicted molar refractivity (Wildman–Crippen MR) is 111 cm³/mol. The van der Waals surface area contributed by atoms with Crippen LogP contribution in [0, 0.1) is 0 Å². The molecule has 0 amide bonds. The Morgan fingerprint density at radius 1 is 1.20 bits per heavy atom. The van der Waals surface area contributed by atoms with E-state index in [-0.39, 0.29) is 29.5 Å². The van der Waals surface area contributed by atoms with Gasteiger partial charge in [-0.1, -0.05) is 19.3 Å². The summed E-state index contributed by atoms with van der Waals surface area (Å²) in [5, 5.41) is 6.93. The molecule has 0 atom stereocenters. The summed E-state index contributed by atoms with van der Waals surface area (Å²) in [4.78, 5) is 7.01. The summed E-state index contributed by atoms with van der Waals surface area (Å²) in [7, 11) is 1.83. The zero-order chi connectivity index (χ0) is 16.7. The van der Waals surface area contributed by atoms with E-state index in [1.165, 1.54) is 32.1 Å². The largest absolute Gasteiger partial charge is 0.472 e. The fraction of sp³-hybridized carbons (Fsp3) is 0.722. The Labute approximate surface area is 167 Å². The minimum absolute atomic E-state index is 0. The van der Waals surface area contributed by atoms with E-state index in [1.54, 1.807) is 12.5 Å². The third-order valence-corrected chi connectivity index (χ3v) is 5.31. The number of aliphatic imine (C=N–C) groups is 1. The van der Waals surface area contributed by atoms with E-state index in [1.807, 2.05) is 13.1 Å². The van der Waals surface area contributed by atoms with Gasteiger partial charge in [0.2, 0.25) is 0 Å². The molecule has 0 radical (unpaired) electrons. The molecule has 0 aromatic carbocycles. The summed E-state index contributed by atoms with van der Waals surface area (Å²) in [6.45, 7) is 5.47. The highest BCUT2D eigenvalue weighted by molar-refractivity contribution is 14.0. The van der Waals surface area contributed by atoms with Crippen LogP contribution in [0.3, 0.4) is 0 Å². The van der Waals surface area contributed by atoms with Crippen molar-refractivity contribution in [2.75, 3.05) is 39.9 Å². The summed E-state index contributed by atoms with van der Waals surface area (Å²) >= 11 is 0. The molecular weight excluding hydrogens is 431 g/mol. The lowest BCUT2D eigenvalue weighted by molar-refractivity contribution is -0.0352. The van der Waals surface area contributed by atoms with Crippen molar-refractivity contribution in [2.45, 2.75) is 44.2 Å². The molecule has 25 heavy (non-hydrogen) atoms. The highest BCUT2D eigenvalue weighted by atomic mass is 127. The molecule has 142 valence electrons. The number of ether oxygens (including phenoxy) is 1. The maximum atomic E-state index is 5.56. The number of halogens is 1. The van der Waals surface area contributed by atoms with Gasteiger partial charge in [-0.15, -0.1) is 24.0 Å². The van der Waals surface area contributed by atoms with Gasteiger partial charge in [0, 0.05) is 44.3 Å². The molecule has 0 spiro atoms. The van der Waals surface area contributed by atoms with E-state index in [4.69, 9.17) is 9.15 Å². The maximum Gasteiger partial charge on any atom is 0.191 e. The second-order valence-electron chi connectivity index (χ2n) is 6.80. The van der Waals surface area contributed by atoms with Crippen LogP contribution in [0.4, 0.5) is 0 Å². The van der Waals surface area contributed by atoms with Crippen molar-refractivity contribution in [3.05, 3.63) is 24.2 Å². The molecule has 0 unspecified atom stereocenters. The lowest BCUT2D eigenvalue weighted by Gasteiger charge is -2.48. The third-order valence-electron chi connectivity index (χ3n) is 5.31. The van der Waals surface area contributed by atoms with Gasteiger partial charge < -0.3 is 19.8 Å². The quantitative estimate of drug-likeness (QED) is 0.400. The number of furan rings is 1. The molecular formula is C18H31IN4O2. The Kier molecular flexibility index (Phi) is 8.51. The van der Waals surface area contributed by atoms with Crippen LogP contribution in [0.1, 0.15) is 37.7 Å². The lowest BCUT2D eigenvalue weighted by atomic mass is 9.80. The monoisotopic (exact) mass is 462 g/mol. The average molecular weight is 462 g/mol. The van der Waals surface area contributed by atoms with Crippen molar-refractivity contribution in [1.82, 2.24) is 15.5 Å². The number of rotatable bonds is 5. The summed E-state index contributed by atoms with van der Waals surface area (Å²) in [6, 6.07) is 1.97. The van der Waals surface area contributed by atoms with E-state index < -0.39 is 0 Å². The van der Waals surface area contributed by atoms with Crippen LogP contribution >= 0.6 is 24.0 Å². The molecule has 1 aromatic heterocycles. The molecule has 2 N–H and O–H groups in total. The highest BCUT2D eigenvalue weighted by Gasteiger charge is 2.38. The van der Waals surface area contributed by atoms with Gasteiger partial charge in [0.05, 0.1) is 25.7 Å². The Hall–Kier alpha value is -0.800. The van der Waals surface area contributed by atoms with E-state index in [0.29, 0.717) is 0 Å². The standard InChI is InChI=1S/C18H30N4O2.HI/c1-19-17(20-13-16-5-10-24-14-16)21-15-18(6-3-2-4-7-18)22-8-11-23-12-9-22;/h5,10,14H,2-4,6-9,11-13,15H2,1H3,(H2,19,20,21);1H. The SMILES string of the molecule is CN=C(NCc1ccoc1)NCC1(N2CCOCC2)CCCCC1.I. The Morgan fingerprint density at radius 2 is 1.96 bits per heavy atom. The zero-order valence-corrected chi connectivity index (χ0v) is 17.5. The lowest BCUT2D eigenvalue weighted by Crippen LogP contribution is -2.60. The fourth-order valence-electron chi connectivity index (χ4n) is 3.90. The van der Waals surface area contributed by atoms with Crippen LogP contribution < -0.4 is 10.6 Å². The molecule has 7 heteroatoms. The van der Waals surface area contributed by atoms with E-state index >= 15 is 0 Å². The summed E-state index contributed by atoms with van der Waals surface area (Å²) in [5.74, 6) is 0.856. The van der Waals surface area contributed by atoms with Gasteiger partial charge in [-0.2, -0.15) is 0 Å². The smallest absolute Gasteiger partial charge is 0.191 e. The van der Waals surface area contributed by atoms with Crippen LogP contribution in [0.5, 0.6) is 0 Å². The Morgan fingerprint density at radius 3 is 2.60 bits per heavy atom. The molecule has 1 aliphatic carbocycles. The number of hydrogen-bond acceptors (Lipinski definition) is 4. The molecule has 1 saturated carbocycles. The van der Waals surface area contributed by atoms with E-state index in [9.17, 15) is 0 Å². The van der Waals surface area contributed by atoms with Crippen LogP contribution in [0.25, 0.3) is 0 Å². The minimum atomic E-state index is 0. The van der Waals surface area contributed by atoms with Crippen molar-refractivity contribution < 1.29 is 9.15 Å². The Bertz CT molecular complexity index is 509. The minimum Gasteiger partial charge on any atom is -0.472 e. The van der Waals surface area contributed by atoms with Crippen LogP contribution in [-0.4, -0.2) is 56.3 Å². The number of nitrogens with zero attached hydrogens (tertiary/aromatic N) is 2. The molecule has 1 saturated heterocycles. The van der Waals surface area contributed by atoms with Crippen molar-refractivity contribution >= 4 is 29.9 Å². The average Bonchev–Trinajstić information content (AvgIpc) is 3.17. The first-order valence-electron chi connectivity index (χ1n) is 9.11. The maximum absolute atomic E-state index is 5.56. The highest BCUT2D eigenvalue weighted by Crippen LogP contribution is 2.33. The Balaban J connectivity index is 0.00000225. The van der Waals surface area contributed by atoms with Gasteiger partial charge in [-0.05, 0) is 18.9 Å². The van der Waals surface area contributed by atoms with Crippen molar-refractivity contribution in [1.29, 1.82) is 0 Å². The topological polar surface area (TPSA) is 62.0 Å². The van der Waals surface area contributed by atoms with Gasteiger partial charge >= 0.3 is 0 Å². The van der Waals surface area contributed by atoms with Gasteiger partial charge in [0.15, 0.2) is 5.96 Å².